The first-order valence-corrected chi connectivity index (χ1v) is 6.72. The SMILES string of the molecule is CC(CO)C(C)NC(=O)NCc1ccc(Br)cc1. The van der Waals surface area contributed by atoms with Gasteiger partial charge >= 0.3 is 6.03 Å². The molecule has 0 fully saturated rings. The molecule has 0 radical (unpaired) electrons. The van der Waals surface area contributed by atoms with E-state index in [9.17, 15) is 4.79 Å². The number of rotatable bonds is 5. The van der Waals surface area contributed by atoms with Gasteiger partial charge < -0.3 is 15.7 Å². The van der Waals surface area contributed by atoms with E-state index in [-0.39, 0.29) is 24.6 Å². The van der Waals surface area contributed by atoms with Crippen molar-refractivity contribution in [2.75, 3.05) is 6.61 Å². The quantitative estimate of drug-likeness (QED) is 0.780. The van der Waals surface area contributed by atoms with Gasteiger partial charge in [0.25, 0.3) is 0 Å². The highest BCUT2D eigenvalue weighted by Gasteiger charge is 2.13. The second-order valence-corrected chi connectivity index (χ2v) is 5.32. The van der Waals surface area contributed by atoms with Gasteiger partial charge in [0.05, 0.1) is 0 Å². The van der Waals surface area contributed by atoms with Gasteiger partial charge in [-0.05, 0) is 30.5 Å². The number of hydrogen-bond acceptors (Lipinski definition) is 2. The Morgan fingerprint density at radius 2 is 1.94 bits per heavy atom. The number of halogens is 1. The molecule has 0 spiro atoms. The van der Waals surface area contributed by atoms with Gasteiger partial charge in [-0.3, -0.25) is 0 Å². The largest absolute Gasteiger partial charge is 0.396 e. The number of aliphatic hydroxyl groups is 1. The van der Waals surface area contributed by atoms with Gasteiger partial charge in [-0.1, -0.05) is 35.0 Å². The Labute approximate surface area is 116 Å². The van der Waals surface area contributed by atoms with Crippen molar-refractivity contribution in [2.24, 2.45) is 5.92 Å². The van der Waals surface area contributed by atoms with Crippen LogP contribution in [0.2, 0.25) is 0 Å². The molecule has 1 rings (SSSR count). The highest BCUT2D eigenvalue weighted by molar-refractivity contribution is 9.10. The maximum absolute atomic E-state index is 11.6. The summed E-state index contributed by atoms with van der Waals surface area (Å²) >= 11 is 3.36. The van der Waals surface area contributed by atoms with E-state index < -0.39 is 0 Å². The molecule has 0 aromatic heterocycles. The van der Waals surface area contributed by atoms with Crippen molar-refractivity contribution in [2.45, 2.75) is 26.4 Å². The molecule has 0 bridgehead atoms. The van der Waals surface area contributed by atoms with Crippen molar-refractivity contribution in [3.63, 3.8) is 0 Å². The number of carbonyl (C=O) groups excluding carboxylic acids is 1. The molecule has 100 valence electrons. The normalized spacial score (nSPS) is 13.8. The summed E-state index contributed by atoms with van der Waals surface area (Å²) in [5.41, 5.74) is 1.04. The second kappa shape index (κ2) is 7.38. The van der Waals surface area contributed by atoms with E-state index in [0.29, 0.717) is 6.54 Å². The van der Waals surface area contributed by atoms with Crippen LogP contribution in [0.4, 0.5) is 4.79 Å². The summed E-state index contributed by atoms with van der Waals surface area (Å²) in [6.45, 7) is 4.31. The molecule has 0 aliphatic heterocycles. The maximum Gasteiger partial charge on any atom is 0.315 e. The number of amides is 2. The van der Waals surface area contributed by atoms with Gasteiger partial charge in [0.2, 0.25) is 0 Å². The van der Waals surface area contributed by atoms with Gasteiger partial charge in [0.1, 0.15) is 0 Å². The van der Waals surface area contributed by atoms with Crippen molar-refractivity contribution in [1.82, 2.24) is 10.6 Å². The highest BCUT2D eigenvalue weighted by Crippen LogP contribution is 2.10. The predicted octanol–water partition coefficient (Wildman–Crippen LogP) is 2.27. The fraction of sp³-hybridized carbons (Fsp3) is 0.462. The Balaban J connectivity index is 2.35. The summed E-state index contributed by atoms with van der Waals surface area (Å²) in [6, 6.07) is 7.50. The Morgan fingerprint density at radius 3 is 2.50 bits per heavy atom. The molecule has 1 aromatic carbocycles. The zero-order valence-electron chi connectivity index (χ0n) is 10.6. The summed E-state index contributed by atoms with van der Waals surface area (Å²) in [6.07, 6.45) is 0. The first kappa shape index (κ1) is 15.0. The Morgan fingerprint density at radius 1 is 1.33 bits per heavy atom. The molecule has 2 amide bonds. The van der Waals surface area contributed by atoms with Crippen molar-refractivity contribution >= 4 is 22.0 Å². The molecule has 0 saturated carbocycles. The van der Waals surface area contributed by atoms with E-state index in [0.717, 1.165) is 10.0 Å². The molecule has 18 heavy (non-hydrogen) atoms. The molecule has 2 atom stereocenters. The van der Waals surface area contributed by atoms with Gasteiger partial charge in [-0.15, -0.1) is 0 Å². The molecule has 0 aliphatic rings. The number of carbonyl (C=O) groups is 1. The van der Waals surface area contributed by atoms with Crippen LogP contribution in [0.3, 0.4) is 0 Å². The third-order valence-corrected chi connectivity index (χ3v) is 3.40. The minimum absolute atomic E-state index is 0.0448. The third-order valence-electron chi connectivity index (χ3n) is 2.87. The number of nitrogens with one attached hydrogen (secondary N) is 2. The van der Waals surface area contributed by atoms with Crippen molar-refractivity contribution < 1.29 is 9.90 Å². The lowest BCUT2D eigenvalue weighted by Gasteiger charge is -2.19. The molecule has 4 nitrogen and oxygen atoms in total. The lowest BCUT2D eigenvalue weighted by molar-refractivity contribution is 0.200. The van der Waals surface area contributed by atoms with Gasteiger partial charge in [0.15, 0.2) is 0 Å². The summed E-state index contributed by atoms with van der Waals surface area (Å²) in [5.74, 6) is 0.0448. The Hall–Kier alpha value is -1.07. The summed E-state index contributed by atoms with van der Waals surface area (Å²) in [4.78, 5) is 11.6. The molecular weight excluding hydrogens is 296 g/mol. The molecule has 5 heteroatoms. The lowest BCUT2D eigenvalue weighted by atomic mass is 10.1. The summed E-state index contributed by atoms with van der Waals surface area (Å²) in [5, 5.41) is 14.6. The van der Waals surface area contributed by atoms with Crippen LogP contribution >= 0.6 is 15.9 Å². The van der Waals surface area contributed by atoms with Crippen LogP contribution in [-0.4, -0.2) is 23.8 Å². The summed E-state index contributed by atoms with van der Waals surface area (Å²) in [7, 11) is 0. The number of benzene rings is 1. The molecule has 0 heterocycles. The standard InChI is InChI=1S/C13H19BrN2O2/c1-9(8-17)10(2)16-13(18)15-7-11-3-5-12(14)6-4-11/h3-6,9-10,17H,7-8H2,1-2H3,(H2,15,16,18). The van der Waals surface area contributed by atoms with Gasteiger partial charge in [0, 0.05) is 23.7 Å². The van der Waals surface area contributed by atoms with Crippen molar-refractivity contribution in [3.8, 4) is 0 Å². The number of aliphatic hydroxyl groups excluding tert-OH is 1. The average Bonchev–Trinajstić information content (AvgIpc) is 2.37. The Bertz CT molecular complexity index is 381. The van der Waals surface area contributed by atoms with Crippen molar-refractivity contribution in [1.29, 1.82) is 0 Å². The lowest BCUT2D eigenvalue weighted by Crippen LogP contribution is -2.43. The fourth-order valence-corrected chi connectivity index (χ4v) is 1.61. The molecule has 3 N–H and O–H groups in total. The van der Waals surface area contributed by atoms with E-state index in [1.54, 1.807) is 0 Å². The monoisotopic (exact) mass is 314 g/mol. The van der Waals surface area contributed by atoms with Crippen LogP contribution in [0.15, 0.2) is 28.7 Å². The predicted molar refractivity (Wildman–Crippen MR) is 75.2 cm³/mol. The van der Waals surface area contributed by atoms with Crippen LogP contribution in [0.1, 0.15) is 19.4 Å². The summed E-state index contributed by atoms with van der Waals surface area (Å²) < 4.78 is 1.01. The van der Waals surface area contributed by atoms with E-state index in [1.807, 2.05) is 38.1 Å². The van der Waals surface area contributed by atoms with Crippen LogP contribution in [0.25, 0.3) is 0 Å². The van der Waals surface area contributed by atoms with Crippen LogP contribution in [0, 0.1) is 5.92 Å². The highest BCUT2D eigenvalue weighted by atomic mass is 79.9. The van der Waals surface area contributed by atoms with E-state index in [1.165, 1.54) is 0 Å². The average molecular weight is 315 g/mol. The Kier molecular flexibility index (Phi) is 6.15. The van der Waals surface area contributed by atoms with Crippen molar-refractivity contribution in [3.05, 3.63) is 34.3 Å². The topological polar surface area (TPSA) is 61.4 Å². The zero-order valence-corrected chi connectivity index (χ0v) is 12.2. The van der Waals surface area contributed by atoms with Gasteiger partial charge in [-0.25, -0.2) is 4.79 Å². The minimum atomic E-state index is -0.217. The first-order chi connectivity index (χ1) is 8.52. The molecule has 0 aliphatic carbocycles. The second-order valence-electron chi connectivity index (χ2n) is 4.40. The van der Waals surface area contributed by atoms with E-state index in [2.05, 4.69) is 26.6 Å². The maximum atomic E-state index is 11.6. The van der Waals surface area contributed by atoms with Crippen LogP contribution in [0.5, 0.6) is 0 Å². The van der Waals surface area contributed by atoms with E-state index >= 15 is 0 Å². The number of hydrogen-bond donors (Lipinski definition) is 3. The van der Waals surface area contributed by atoms with Gasteiger partial charge in [-0.2, -0.15) is 0 Å². The van der Waals surface area contributed by atoms with E-state index in [4.69, 9.17) is 5.11 Å². The smallest absolute Gasteiger partial charge is 0.315 e. The minimum Gasteiger partial charge on any atom is -0.396 e. The molecular formula is C13H19BrN2O2. The molecule has 1 aromatic rings. The zero-order chi connectivity index (χ0) is 13.5. The molecule has 0 saturated heterocycles. The first-order valence-electron chi connectivity index (χ1n) is 5.92. The fourth-order valence-electron chi connectivity index (χ4n) is 1.34. The van der Waals surface area contributed by atoms with Crippen LogP contribution in [-0.2, 0) is 6.54 Å². The molecule has 2 unspecified atom stereocenters. The third kappa shape index (κ3) is 5.06. The number of urea groups is 1. The van der Waals surface area contributed by atoms with Crippen LogP contribution < -0.4 is 10.6 Å².